The van der Waals surface area contributed by atoms with Crippen LogP contribution in [0.4, 0.5) is 0 Å². The van der Waals surface area contributed by atoms with Gasteiger partial charge in [-0.2, -0.15) is 0 Å². The SMILES string of the molecule is O=C(O)[C@H]1CCCN1C(=O)c1ccc2ccccc2n1. The number of carboxylic acid groups (broad SMARTS) is 1. The quantitative estimate of drug-likeness (QED) is 0.905. The summed E-state index contributed by atoms with van der Waals surface area (Å²) in [5, 5.41) is 10.1. The lowest BCUT2D eigenvalue weighted by molar-refractivity contribution is -0.141. The molecule has 1 atom stereocenters. The number of carbonyl (C=O) groups excluding carboxylic acids is 1. The Labute approximate surface area is 115 Å². The highest BCUT2D eigenvalue weighted by Gasteiger charge is 2.34. The fraction of sp³-hybridized carbons (Fsp3) is 0.267. The summed E-state index contributed by atoms with van der Waals surface area (Å²) in [6.45, 7) is 0.476. The van der Waals surface area contributed by atoms with Gasteiger partial charge in [0.05, 0.1) is 5.52 Å². The van der Waals surface area contributed by atoms with Gasteiger partial charge in [0.25, 0.3) is 5.91 Å². The average Bonchev–Trinajstić information content (AvgIpc) is 2.95. The number of carboxylic acids is 1. The van der Waals surface area contributed by atoms with E-state index in [1.807, 2.05) is 30.3 Å². The first-order chi connectivity index (χ1) is 9.66. The van der Waals surface area contributed by atoms with E-state index in [1.165, 1.54) is 4.90 Å². The average molecular weight is 270 g/mol. The summed E-state index contributed by atoms with van der Waals surface area (Å²) in [6.07, 6.45) is 1.23. The van der Waals surface area contributed by atoms with E-state index in [0.717, 1.165) is 17.3 Å². The molecule has 1 aromatic carbocycles. The Hall–Kier alpha value is -2.43. The first-order valence-corrected chi connectivity index (χ1v) is 6.56. The molecule has 0 saturated carbocycles. The molecule has 2 aromatic rings. The molecule has 0 radical (unpaired) electrons. The van der Waals surface area contributed by atoms with Gasteiger partial charge >= 0.3 is 5.97 Å². The highest BCUT2D eigenvalue weighted by Crippen LogP contribution is 2.21. The van der Waals surface area contributed by atoms with Crippen molar-refractivity contribution in [2.45, 2.75) is 18.9 Å². The fourth-order valence-corrected chi connectivity index (χ4v) is 2.60. The Morgan fingerprint density at radius 1 is 1.20 bits per heavy atom. The van der Waals surface area contributed by atoms with E-state index >= 15 is 0 Å². The summed E-state index contributed by atoms with van der Waals surface area (Å²) >= 11 is 0. The summed E-state index contributed by atoms with van der Waals surface area (Å²) < 4.78 is 0. The maximum atomic E-state index is 12.4. The maximum Gasteiger partial charge on any atom is 0.326 e. The van der Waals surface area contributed by atoms with Gasteiger partial charge in [0.2, 0.25) is 0 Å². The number of hydrogen-bond donors (Lipinski definition) is 1. The van der Waals surface area contributed by atoms with Gasteiger partial charge in [-0.15, -0.1) is 0 Å². The van der Waals surface area contributed by atoms with Gasteiger partial charge in [0.15, 0.2) is 0 Å². The first-order valence-electron chi connectivity index (χ1n) is 6.56. The second-order valence-electron chi connectivity index (χ2n) is 4.88. The van der Waals surface area contributed by atoms with E-state index in [9.17, 15) is 9.59 Å². The van der Waals surface area contributed by atoms with Gasteiger partial charge in [-0.05, 0) is 25.0 Å². The third-order valence-electron chi connectivity index (χ3n) is 3.62. The molecule has 1 saturated heterocycles. The molecule has 102 valence electrons. The topological polar surface area (TPSA) is 70.5 Å². The van der Waals surface area contributed by atoms with Crippen LogP contribution in [0.25, 0.3) is 10.9 Å². The van der Waals surface area contributed by atoms with Gasteiger partial charge in [-0.25, -0.2) is 9.78 Å². The van der Waals surface area contributed by atoms with E-state index in [0.29, 0.717) is 18.7 Å². The summed E-state index contributed by atoms with van der Waals surface area (Å²) in [4.78, 5) is 29.3. The van der Waals surface area contributed by atoms with Crippen LogP contribution in [0, 0.1) is 0 Å². The van der Waals surface area contributed by atoms with Gasteiger partial charge in [-0.3, -0.25) is 4.79 Å². The molecule has 0 bridgehead atoms. The van der Waals surface area contributed by atoms with Crippen molar-refractivity contribution in [3.63, 3.8) is 0 Å². The molecule has 0 aliphatic carbocycles. The van der Waals surface area contributed by atoms with Crippen LogP contribution in [-0.4, -0.2) is 39.5 Å². The fourth-order valence-electron chi connectivity index (χ4n) is 2.60. The van der Waals surface area contributed by atoms with Crippen LogP contribution in [0.15, 0.2) is 36.4 Å². The Kier molecular flexibility index (Phi) is 3.10. The number of aromatic nitrogens is 1. The number of benzene rings is 1. The molecule has 0 spiro atoms. The van der Waals surface area contributed by atoms with Gasteiger partial charge in [-0.1, -0.05) is 24.3 Å². The van der Waals surface area contributed by atoms with Crippen molar-refractivity contribution in [2.75, 3.05) is 6.54 Å². The van der Waals surface area contributed by atoms with Crippen molar-refractivity contribution in [1.82, 2.24) is 9.88 Å². The molecular formula is C15H14N2O3. The second kappa shape index (κ2) is 4.92. The third kappa shape index (κ3) is 2.11. The molecule has 1 aromatic heterocycles. The molecule has 1 aliphatic heterocycles. The summed E-state index contributed by atoms with van der Waals surface area (Å²) in [7, 11) is 0. The van der Waals surface area contributed by atoms with Crippen molar-refractivity contribution >= 4 is 22.8 Å². The highest BCUT2D eigenvalue weighted by molar-refractivity contribution is 5.97. The smallest absolute Gasteiger partial charge is 0.326 e. The van der Waals surface area contributed by atoms with Crippen LogP contribution in [-0.2, 0) is 4.79 Å². The van der Waals surface area contributed by atoms with E-state index in [-0.39, 0.29) is 5.91 Å². The Balaban J connectivity index is 1.94. The number of pyridine rings is 1. The maximum absolute atomic E-state index is 12.4. The van der Waals surface area contributed by atoms with Crippen LogP contribution in [0.5, 0.6) is 0 Å². The molecule has 1 N–H and O–H groups in total. The van der Waals surface area contributed by atoms with E-state index < -0.39 is 12.0 Å². The van der Waals surface area contributed by atoms with Crippen LogP contribution >= 0.6 is 0 Å². The van der Waals surface area contributed by atoms with Gasteiger partial charge in [0.1, 0.15) is 11.7 Å². The van der Waals surface area contributed by atoms with Crippen LogP contribution < -0.4 is 0 Å². The lowest BCUT2D eigenvalue weighted by Gasteiger charge is -2.20. The molecule has 5 nitrogen and oxygen atoms in total. The zero-order valence-corrected chi connectivity index (χ0v) is 10.8. The number of nitrogens with zero attached hydrogens (tertiary/aromatic N) is 2. The first kappa shape index (κ1) is 12.6. The minimum absolute atomic E-state index is 0.303. The van der Waals surface area contributed by atoms with Crippen LogP contribution in [0.1, 0.15) is 23.3 Å². The van der Waals surface area contributed by atoms with Crippen molar-refractivity contribution in [1.29, 1.82) is 0 Å². The molecule has 1 amide bonds. The number of para-hydroxylation sites is 1. The molecule has 1 fully saturated rings. The summed E-state index contributed by atoms with van der Waals surface area (Å²) in [5.74, 6) is -1.25. The zero-order valence-electron chi connectivity index (χ0n) is 10.8. The van der Waals surface area contributed by atoms with E-state index in [2.05, 4.69) is 4.98 Å². The van der Waals surface area contributed by atoms with Crippen molar-refractivity contribution < 1.29 is 14.7 Å². The van der Waals surface area contributed by atoms with Gasteiger partial charge in [0, 0.05) is 11.9 Å². The number of fused-ring (bicyclic) bond motifs is 1. The normalized spacial score (nSPS) is 18.4. The van der Waals surface area contributed by atoms with Crippen molar-refractivity contribution in [2.24, 2.45) is 0 Å². The minimum Gasteiger partial charge on any atom is -0.480 e. The number of aliphatic carboxylic acids is 1. The Bertz CT molecular complexity index is 684. The molecule has 1 aliphatic rings. The summed E-state index contributed by atoms with van der Waals surface area (Å²) in [6, 6.07) is 10.3. The molecular weight excluding hydrogens is 256 g/mol. The van der Waals surface area contributed by atoms with Crippen molar-refractivity contribution in [3.05, 3.63) is 42.1 Å². The van der Waals surface area contributed by atoms with Crippen molar-refractivity contribution in [3.8, 4) is 0 Å². The molecule has 20 heavy (non-hydrogen) atoms. The highest BCUT2D eigenvalue weighted by atomic mass is 16.4. The van der Waals surface area contributed by atoms with E-state index in [1.54, 1.807) is 6.07 Å². The number of hydrogen-bond acceptors (Lipinski definition) is 3. The number of carbonyl (C=O) groups is 2. The number of likely N-dealkylation sites (tertiary alicyclic amines) is 1. The van der Waals surface area contributed by atoms with Crippen LogP contribution in [0.2, 0.25) is 0 Å². The predicted molar refractivity (Wildman–Crippen MR) is 73.4 cm³/mol. The lowest BCUT2D eigenvalue weighted by atomic mass is 10.2. The number of amides is 1. The predicted octanol–water partition coefficient (Wildman–Crippen LogP) is 1.92. The standard InChI is InChI=1S/C15H14N2O3/c18-14(17-9-3-6-13(17)15(19)20)12-8-7-10-4-1-2-5-11(10)16-12/h1-2,4-5,7-8,13H,3,6,9H2,(H,19,20)/t13-/m1/s1. The minimum atomic E-state index is -0.948. The van der Waals surface area contributed by atoms with Crippen LogP contribution in [0.3, 0.4) is 0 Å². The lowest BCUT2D eigenvalue weighted by Crippen LogP contribution is -2.40. The Morgan fingerprint density at radius 2 is 2.00 bits per heavy atom. The third-order valence-corrected chi connectivity index (χ3v) is 3.62. The van der Waals surface area contributed by atoms with E-state index in [4.69, 9.17) is 5.11 Å². The molecule has 3 rings (SSSR count). The molecule has 5 heteroatoms. The molecule has 0 unspecified atom stereocenters. The number of rotatable bonds is 2. The molecule has 2 heterocycles. The summed E-state index contributed by atoms with van der Waals surface area (Å²) in [5.41, 5.74) is 1.04. The monoisotopic (exact) mass is 270 g/mol. The zero-order chi connectivity index (χ0) is 14.1. The van der Waals surface area contributed by atoms with Gasteiger partial charge < -0.3 is 10.0 Å². The Morgan fingerprint density at radius 3 is 2.80 bits per heavy atom. The second-order valence-corrected chi connectivity index (χ2v) is 4.88. The largest absolute Gasteiger partial charge is 0.480 e.